The first-order valence-corrected chi connectivity index (χ1v) is 6.49. The van der Waals surface area contributed by atoms with Crippen molar-refractivity contribution in [1.29, 1.82) is 0 Å². The van der Waals surface area contributed by atoms with Gasteiger partial charge in [0.25, 0.3) is 0 Å². The van der Waals surface area contributed by atoms with Crippen LogP contribution in [0.5, 0.6) is 5.75 Å². The lowest BCUT2D eigenvalue weighted by molar-refractivity contribution is 0.110. The highest BCUT2D eigenvalue weighted by Crippen LogP contribution is 2.30. The predicted molar refractivity (Wildman–Crippen MR) is 79.1 cm³/mol. The predicted octanol–water partition coefficient (Wildman–Crippen LogP) is 1.37. The molecule has 1 saturated heterocycles. The Morgan fingerprint density at radius 2 is 1.74 bits per heavy atom. The standard InChI is InChI=1S/C14H22N2O2.ClH/c1-10-7-12(18)8-11(2)14(10)13(9-17)16-5-3-15-4-6-16;/h7-8,13,15,17-18H,3-6,9H2,1-2H3;1H/t13-;/m0./s1. The van der Waals surface area contributed by atoms with Crippen molar-refractivity contribution < 1.29 is 10.2 Å². The quantitative estimate of drug-likeness (QED) is 0.786. The van der Waals surface area contributed by atoms with Gasteiger partial charge in [-0.15, -0.1) is 12.4 Å². The molecule has 0 aliphatic carbocycles. The molecule has 1 heterocycles. The number of rotatable bonds is 3. The van der Waals surface area contributed by atoms with E-state index in [0.29, 0.717) is 5.75 Å². The lowest BCUT2D eigenvalue weighted by atomic mass is 9.94. The van der Waals surface area contributed by atoms with Crippen molar-refractivity contribution in [3.63, 3.8) is 0 Å². The number of nitrogens with zero attached hydrogens (tertiary/aromatic N) is 1. The minimum absolute atomic E-state index is 0. The molecule has 19 heavy (non-hydrogen) atoms. The van der Waals surface area contributed by atoms with Crippen molar-refractivity contribution >= 4 is 12.4 Å². The van der Waals surface area contributed by atoms with Gasteiger partial charge in [-0.05, 0) is 42.7 Å². The van der Waals surface area contributed by atoms with Crippen molar-refractivity contribution in [2.45, 2.75) is 19.9 Å². The highest BCUT2D eigenvalue weighted by atomic mass is 35.5. The fourth-order valence-electron chi connectivity index (χ4n) is 2.86. The molecule has 1 aromatic carbocycles. The monoisotopic (exact) mass is 286 g/mol. The Hall–Kier alpha value is -0.810. The number of hydrogen-bond acceptors (Lipinski definition) is 4. The molecule has 108 valence electrons. The van der Waals surface area contributed by atoms with E-state index in [1.807, 2.05) is 13.8 Å². The molecule has 1 aliphatic rings. The Kier molecular flexibility index (Phi) is 6.07. The number of aliphatic hydroxyl groups excluding tert-OH is 1. The van der Waals surface area contributed by atoms with E-state index in [1.54, 1.807) is 12.1 Å². The van der Waals surface area contributed by atoms with Crippen LogP contribution < -0.4 is 5.32 Å². The van der Waals surface area contributed by atoms with E-state index in [-0.39, 0.29) is 25.1 Å². The number of halogens is 1. The fourth-order valence-corrected chi connectivity index (χ4v) is 2.86. The van der Waals surface area contributed by atoms with Crippen molar-refractivity contribution in [2.24, 2.45) is 0 Å². The number of aromatic hydroxyl groups is 1. The lowest BCUT2D eigenvalue weighted by Gasteiger charge is -2.35. The molecule has 0 aromatic heterocycles. The van der Waals surface area contributed by atoms with Gasteiger partial charge in [0.05, 0.1) is 12.6 Å². The van der Waals surface area contributed by atoms with Gasteiger partial charge in [0.15, 0.2) is 0 Å². The van der Waals surface area contributed by atoms with Crippen LogP contribution in [0.25, 0.3) is 0 Å². The maximum absolute atomic E-state index is 9.73. The Balaban J connectivity index is 0.00000180. The number of benzene rings is 1. The summed E-state index contributed by atoms with van der Waals surface area (Å²) in [6.07, 6.45) is 0. The lowest BCUT2D eigenvalue weighted by Crippen LogP contribution is -2.46. The average Bonchev–Trinajstić information content (AvgIpc) is 2.34. The van der Waals surface area contributed by atoms with Crippen LogP contribution in [0, 0.1) is 13.8 Å². The van der Waals surface area contributed by atoms with Gasteiger partial charge in [-0.3, -0.25) is 4.90 Å². The summed E-state index contributed by atoms with van der Waals surface area (Å²) in [6, 6.07) is 3.58. The summed E-state index contributed by atoms with van der Waals surface area (Å²) in [5.74, 6) is 0.297. The third kappa shape index (κ3) is 3.60. The molecule has 1 aromatic rings. The van der Waals surface area contributed by atoms with Crippen molar-refractivity contribution in [3.05, 3.63) is 28.8 Å². The van der Waals surface area contributed by atoms with Crippen molar-refractivity contribution in [2.75, 3.05) is 32.8 Å². The molecule has 1 aliphatic heterocycles. The smallest absolute Gasteiger partial charge is 0.116 e. The van der Waals surface area contributed by atoms with Gasteiger partial charge in [-0.25, -0.2) is 0 Å². The summed E-state index contributed by atoms with van der Waals surface area (Å²) in [6.45, 7) is 7.93. The fraction of sp³-hybridized carbons (Fsp3) is 0.571. The number of nitrogens with one attached hydrogen (secondary N) is 1. The van der Waals surface area contributed by atoms with Crippen molar-refractivity contribution in [3.8, 4) is 5.75 Å². The first-order valence-electron chi connectivity index (χ1n) is 6.49. The largest absolute Gasteiger partial charge is 0.508 e. The second-order valence-corrected chi connectivity index (χ2v) is 4.98. The van der Waals surface area contributed by atoms with Gasteiger partial charge in [0.1, 0.15) is 5.75 Å². The zero-order chi connectivity index (χ0) is 13.1. The van der Waals surface area contributed by atoms with E-state index in [4.69, 9.17) is 0 Å². The molecule has 0 saturated carbocycles. The van der Waals surface area contributed by atoms with E-state index in [0.717, 1.165) is 42.9 Å². The molecule has 4 nitrogen and oxygen atoms in total. The van der Waals surface area contributed by atoms with Gasteiger partial charge < -0.3 is 15.5 Å². The Bertz CT molecular complexity index is 397. The van der Waals surface area contributed by atoms with Gasteiger partial charge in [0.2, 0.25) is 0 Å². The summed E-state index contributed by atoms with van der Waals surface area (Å²) in [5.41, 5.74) is 3.24. The summed E-state index contributed by atoms with van der Waals surface area (Å²) >= 11 is 0. The third-order valence-corrected chi connectivity index (χ3v) is 3.68. The second kappa shape index (κ2) is 7.10. The average molecular weight is 287 g/mol. The number of phenols is 1. The van der Waals surface area contributed by atoms with Crippen LogP contribution in [0.2, 0.25) is 0 Å². The molecule has 2 rings (SSSR count). The molecular formula is C14H23ClN2O2. The molecule has 1 atom stereocenters. The summed E-state index contributed by atoms with van der Waals surface area (Å²) in [7, 11) is 0. The van der Waals surface area contributed by atoms with E-state index in [9.17, 15) is 10.2 Å². The van der Waals surface area contributed by atoms with Crippen LogP contribution in [0.3, 0.4) is 0 Å². The minimum Gasteiger partial charge on any atom is -0.508 e. The van der Waals surface area contributed by atoms with E-state index < -0.39 is 0 Å². The van der Waals surface area contributed by atoms with E-state index in [1.165, 1.54) is 0 Å². The highest BCUT2D eigenvalue weighted by Gasteiger charge is 2.24. The van der Waals surface area contributed by atoms with Gasteiger partial charge in [-0.2, -0.15) is 0 Å². The molecule has 0 bridgehead atoms. The molecular weight excluding hydrogens is 264 g/mol. The van der Waals surface area contributed by atoms with Crippen LogP contribution in [-0.2, 0) is 0 Å². The Labute approximate surface area is 120 Å². The van der Waals surface area contributed by atoms with Gasteiger partial charge in [0, 0.05) is 26.2 Å². The van der Waals surface area contributed by atoms with Crippen LogP contribution in [0.15, 0.2) is 12.1 Å². The van der Waals surface area contributed by atoms with Gasteiger partial charge >= 0.3 is 0 Å². The number of aryl methyl sites for hydroxylation is 2. The third-order valence-electron chi connectivity index (χ3n) is 3.68. The molecule has 0 amide bonds. The van der Waals surface area contributed by atoms with Crippen LogP contribution in [0.1, 0.15) is 22.7 Å². The number of phenolic OH excluding ortho intramolecular Hbond substituents is 1. The maximum atomic E-state index is 9.73. The normalized spacial score (nSPS) is 17.8. The van der Waals surface area contributed by atoms with E-state index >= 15 is 0 Å². The highest BCUT2D eigenvalue weighted by molar-refractivity contribution is 5.85. The number of aliphatic hydroxyl groups is 1. The Morgan fingerprint density at radius 1 is 1.21 bits per heavy atom. The molecule has 5 heteroatoms. The number of hydrogen-bond donors (Lipinski definition) is 3. The van der Waals surface area contributed by atoms with Crippen molar-refractivity contribution in [1.82, 2.24) is 10.2 Å². The summed E-state index contributed by atoms with van der Waals surface area (Å²) < 4.78 is 0. The minimum atomic E-state index is 0. The van der Waals surface area contributed by atoms with Crippen LogP contribution >= 0.6 is 12.4 Å². The van der Waals surface area contributed by atoms with E-state index in [2.05, 4.69) is 10.2 Å². The summed E-state index contributed by atoms with van der Waals surface area (Å²) in [4.78, 5) is 2.31. The maximum Gasteiger partial charge on any atom is 0.116 e. The molecule has 0 unspecified atom stereocenters. The second-order valence-electron chi connectivity index (χ2n) is 4.98. The van der Waals surface area contributed by atoms with Crippen LogP contribution in [0.4, 0.5) is 0 Å². The summed E-state index contributed by atoms with van der Waals surface area (Å²) in [5, 5.41) is 22.6. The first-order chi connectivity index (χ1) is 8.63. The van der Waals surface area contributed by atoms with Crippen LogP contribution in [-0.4, -0.2) is 47.9 Å². The first kappa shape index (κ1) is 16.2. The molecule has 0 radical (unpaired) electrons. The molecule has 3 N–H and O–H groups in total. The zero-order valence-corrected chi connectivity index (χ0v) is 12.3. The van der Waals surface area contributed by atoms with Gasteiger partial charge in [-0.1, -0.05) is 0 Å². The SMILES string of the molecule is Cc1cc(O)cc(C)c1[C@H](CO)N1CCNCC1.Cl. The molecule has 1 fully saturated rings. The molecule has 0 spiro atoms. The Morgan fingerprint density at radius 3 is 2.21 bits per heavy atom. The topological polar surface area (TPSA) is 55.7 Å². The number of piperazine rings is 1. The zero-order valence-electron chi connectivity index (χ0n) is 11.5.